The first-order chi connectivity index (χ1) is 7.38. The average Bonchev–Trinajstić information content (AvgIpc) is 2.65. The van der Waals surface area contributed by atoms with E-state index in [1.165, 1.54) is 25.0 Å². The van der Waals surface area contributed by atoms with Gasteiger partial charge in [0.1, 0.15) is 12.2 Å². The molecular weight excluding hydrogens is 188 g/mol. The topological polar surface area (TPSA) is 46.0 Å². The third kappa shape index (κ3) is 1.23. The van der Waals surface area contributed by atoms with E-state index < -0.39 is 0 Å². The van der Waals surface area contributed by atoms with Crippen molar-refractivity contribution in [2.45, 2.75) is 31.7 Å². The number of hydrogen-bond donors (Lipinski definition) is 0. The van der Waals surface area contributed by atoms with Gasteiger partial charge >= 0.3 is 0 Å². The highest BCUT2D eigenvalue weighted by Crippen LogP contribution is 2.35. The van der Waals surface area contributed by atoms with Crippen molar-refractivity contribution in [3.63, 3.8) is 0 Å². The van der Waals surface area contributed by atoms with Crippen molar-refractivity contribution in [1.82, 2.24) is 14.2 Å². The first-order valence-electron chi connectivity index (χ1n) is 5.30. The summed E-state index contributed by atoms with van der Waals surface area (Å²) in [6, 6.07) is 4.26. The van der Waals surface area contributed by atoms with Gasteiger partial charge in [-0.05, 0) is 12.8 Å². The summed E-state index contributed by atoms with van der Waals surface area (Å²) in [5.74, 6) is 0.653. The molecule has 0 radical (unpaired) electrons. The standard InChI is InChI=1S/C11H12N4/c12-4-5-14-6-7-15-11(14)8-10(13-15)9-2-1-3-9/h6-9H,1-3,5H2. The van der Waals surface area contributed by atoms with Gasteiger partial charge in [-0.3, -0.25) is 0 Å². The third-order valence-electron chi connectivity index (χ3n) is 3.18. The van der Waals surface area contributed by atoms with Crippen LogP contribution in [0.3, 0.4) is 0 Å². The van der Waals surface area contributed by atoms with Crippen LogP contribution in [0.1, 0.15) is 30.9 Å². The van der Waals surface area contributed by atoms with Crippen LogP contribution in [0.5, 0.6) is 0 Å². The SMILES string of the molecule is N#CCn1ccn2nc(C3CCC3)cc12. The molecule has 1 aliphatic carbocycles. The maximum Gasteiger partial charge on any atom is 0.136 e. The molecule has 1 aliphatic rings. The van der Waals surface area contributed by atoms with Crippen LogP contribution in [0.4, 0.5) is 0 Å². The minimum Gasteiger partial charge on any atom is -0.318 e. The molecule has 2 aromatic rings. The molecule has 4 nitrogen and oxygen atoms in total. The summed E-state index contributed by atoms with van der Waals surface area (Å²) in [6.07, 6.45) is 7.66. The molecule has 0 bridgehead atoms. The van der Waals surface area contributed by atoms with E-state index in [0.717, 1.165) is 5.65 Å². The molecular formula is C11H12N4. The Bertz CT molecular complexity index is 524. The minimum atomic E-state index is 0.395. The second kappa shape index (κ2) is 3.13. The number of aromatic nitrogens is 3. The normalized spacial score (nSPS) is 16.5. The Kier molecular flexibility index (Phi) is 1.78. The van der Waals surface area contributed by atoms with Crippen LogP contribution in [0, 0.1) is 11.3 Å². The molecule has 0 amide bonds. The van der Waals surface area contributed by atoms with E-state index in [-0.39, 0.29) is 0 Å². The molecule has 0 aliphatic heterocycles. The van der Waals surface area contributed by atoms with Gasteiger partial charge in [-0.15, -0.1) is 0 Å². The lowest BCUT2D eigenvalue weighted by Gasteiger charge is -2.22. The Morgan fingerprint density at radius 3 is 3.00 bits per heavy atom. The molecule has 0 unspecified atom stereocenters. The van der Waals surface area contributed by atoms with Crippen LogP contribution in [0.25, 0.3) is 5.65 Å². The maximum atomic E-state index is 8.67. The molecule has 0 aromatic carbocycles. The first kappa shape index (κ1) is 8.54. The summed E-state index contributed by atoms with van der Waals surface area (Å²) in [5, 5.41) is 13.2. The zero-order valence-corrected chi connectivity index (χ0v) is 8.43. The van der Waals surface area contributed by atoms with Gasteiger partial charge in [0.2, 0.25) is 0 Å². The average molecular weight is 200 g/mol. The number of nitrogens with zero attached hydrogens (tertiary/aromatic N) is 4. The number of rotatable bonds is 2. The summed E-state index contributed by atoms with van der Waals surface area (Å²) in [5.41, 5.74) is 2.21. The van der Waals surface area contributed by atoms with Crippen LogP contribution in [0.15, 0.2) is 18.5 Å². The molecule has 0 spiro atoms. The predicted octanol–water partition coefficient (Wildman–Crippen LogP) is 1.93. The van der Waals surface area contributed by atoms with E-state index in [1.807, 2.05) is 21.5 Å². The van der Waals surface area contributed by atoms with Crippen molar-refractivity contribution in [2.24, 2.45) is 0 Å². The van der Waals surface area contributed by atoms with Gasteiger partial charge in [0.25, 0.3) is 0 Å². The molecule has 2 heterocycles. The fourth-order valence-corrected chi connectivity index (χ4v) is 2.06. The number of fused-ring (bicyclic) bond motifs is 1. The second-order valence-corrected chi connectivity index (χ2v) is 4.08. The van der Waals surface area contributed by atoms with Gasteiger partial charge in [-0.1, -0.05) is 6.42 Å². The van der Waals surface area contributed by atoms with Crippen molar-refractivity contribution < 1.29 is 0 Å². The quantitative estimate of drug-likeness (QED) is 0.743. The first-order valence-corrected chi connectivity index (χ1v) is 5.30. The predicted molar refractivity (Wildman–Crippen MR) is 55.4 cm³/mol. The monoisotopic (exact) mass is 200 g/mol. The van der Waals surface area contributed by atoms with Crippen LogP contribution < -0.4 is 0 Å². The number of imidazole rings is 1. The van der Waals surface area contributed by atoms with Gasteiger partial charge in [0.15, 0.2) is 0 Å². The van der Waals surface area contributed by atoms with Crippen LogP contribution in [-0.4, -0.2) is 14.2 Å². The largest absolute Gasteiger partial charge is 0.318 e. The van der Waals surface area contributed by atoms with E-state index in [2.05, 4.69) is 17.2 Å². The molecule has 3 rings (SSSR count). The van der Waals surface area contributed by atoms with Crippen molar-refractivity contribution in [2.75, 3.05) is 0 Å². The lowest BCUT2D eigenvalue weighted by Crippen LogP contribution is -2.09. The number of hydrogen-bond acceptors (Lipinski definition) is 2. The van der Waals surface area contributed by atoms with Gasteiger partial charge in [-0.25, -0.2) is 4.52 Å². The fraction of sp³-hybridized carbons (Fsp3) is 0.455. The second-order valence-electron chi connectivity index (χ2n) is 4.08. The lowest BCUT2D eigenvalue weighted by atomic mass is 9.83. The van der Waals surface area contributed by atoms with Gasteiger partial charge < -0.3 is 4.57 Å². The smallest absolute Gasteiger partial charge is 0.136 e. The van der Waals surface area contributed by atoms with E-state index in [4.69, 9.17) is 5.26 Å². The van der Waals surface area contributed by atoms with E-state index >= 15 is 0 Å². The summed E-state index contributed by atoms with van der Waals surface area (Å²) in [7, 11) is 0. The van der Waals surface area contributed by atoms with Gasteiger partial charge in [0.05, 0.1) is 11.8 Å². The molecule has 15 heavy (non-hydrogen) atoms. The highest BCUT2D eigenvalue weighted by molar-refractivity contribution is 5.42. The van der Waals surface area contributed by atoms with Crippen LogP contribution in [-0.2, 0) is 6.54 Å². The zero-order valence-electron chi connectivity index (χ0n) is 8.43. The molecule has 1 fully saturated rings. The summed E-state index contributed by atoms with van der Waals surface area (Å²) in [6.45, 7) is 0.395. The fourth-order valence-electron chi connectivity index (χ4n) is 2.06. The Hall–Kier alpha value is -1.76. The van der Waals surface area contributed by atoms with E-state index in [1.54, 1.807) is 0 Å². The molecule has 4 heteroatoms. The highest BCUT2D eigenvalue weighted by Gasteiger charge is 2.22. The van der Waals surface area contributed by atoms with Crippen molar-refractivity contribution in [1.29, 1.82) is 5.26 Å². The Labute approximate surface area is 87.7 Å². The van der Waals surface area contributed by atoms with Crippen molar-refractivity contribution in [3.05, 3.63) is 24.2 Å². The molecule has 2 aromatic heterocycles. The van der Waals surface area contributed by atoms with Gasteiger partial charge in [0, 0.05) is 24.4 Å². The van der Waals surface area contributed by atoms with E-state index in [0.29, 0.717) is 12.5 Å². The molecule has 1 saturated carbocycles. The Balaban J connectivity index is 2.02. The molecule has 0 N–H and O–H groups in total. The summed E-state index contributed by atoms with van der Waals surface area (Å²) >= 11 is 0. The van der Waals surface area contributed by atoms with Crippen molar-refractivity contribution >= 4 is 5.65 Å². The Morgan fingerprint density at radius 2 is 2.33 bits per heavy atom. The molecule has 0 atom stereocenters. The molecule has 0 saturated heterocycles. The van der Waals surface area contributed by atoms with E-state index in [9.17, 15) is 0 Å². The zero-order chi connectivity index (χ0) is 10.3. The van der Waals surface area contributed by atoms with Crippen LogP contribution >= 0.6 is 0 Å². The van der Waals surface area contributed by atoms with Crippen LogP contribution in [0.2, 0.25) is 0 Å². The third-order valence-corrected chi connectivity index (χ3v) is 3.18. The summed E-state index contributed by atoms with van der Waals surface area (Å²) < 4.78 is 3.79. The van der Waals surface area contributed by atoms with Crippen molar-refractivity contribution in [3.8, 4) is 6.07 Å². The maximum absolute atomic E-state index is 8.67. The lowest BCUT2D eigenvalue weighted by molar-refractivity contribution is 0.409. The minimum absolute atomic E-state index is 0.395. The summed E-state index contributed by atoms with van der Waals surface area (Å²) in [4.78, 5) is 0. The highest BCUT2D eigenvalue weighted by atomic mass is 15.3. The van der Waals surface area contributed by atoms with Gasteiger partial charge in [-0.2, -0.15) is 10.4 Å². The molecule has 76 valence electrons. The number of nitriles is 1. The Morgan fingerprint density at radius 1 is 1.47 bits per heavy atom.